The molecular weight excluding hydrogens is 302 g/mol. The van der Waals surface area contributed by atoms with Gasteiger partial charge in [0, 0.05) is 29.8 Å². The number of hydrogen-bond donors (Lipinski definition) is 0. The van der Waals surface area contributed by atoms with Crippen molar-refractivity contribution in [1.82, 2.24) is 4.90 Å². The molecule has 1 fully saturated rings. The summed E-state index contributed by atoms with van der Waals surface area (Å²) in [4.78, 5) is 3.44. The predicted octanol–water partition coefficient (Wildman–Crippen LogP) is 4.02. The first-order chi connectivity index (χ1) is 11.3. The molecule has 0 aliphatic heterocycles. The second kappa shape index (κ2) is 7.89. The summed E-state index contributed by atoms with van der Waals surface area (Å²) in [5.74, 6) is 0.716. The lowest BCUT2D eigenvalue weighted by Crippen LogP contribution is -2.29. The molecule has 122 valence electrons. The minimum absolute atomic E-state index is 0.689. The standard InChI is InChI=1S/C20H25NOS/c1-2-17-8-10-18(11-9-17)16-21(19-12-13-19)14-15-23(22)20-6-4-3-5-7-20/h3-11,19H,2,12-16H2,1H3. The zero-order chi connectivity index (χ0) is 16.1. The van der Waals surface area contributed by atoms with Crippen molar-refractivity contribution in [3.8, 4) is 0 Å². The minimum Gasteiger partial charge on any atom is -0.295 e. The van der Waals surface area contributed by atoms with Gasteiger partial charge >= 0.3 is 0 Å². The second-order valence-electron chi connectivity index (χ2n) is 6.23. The molecule has 1 saturated carbocycles. The van der Waals surface area contributed by atoms with Crippen molar-refractivity contribution in [2.75, 3.05) is 12.3 Å². The molecule has 0 N–H and O–H groups in total. The van der Waals surface area contributed by atoms with Gasteiger partial charge in [0.1, 0.15) is 0 Å². The van der Waals surface area contributed by atoms with Crippen LogP contribution in [0, 0.1) is 0 Å². The third kappa shape index (κ3) is 4.76. The lowest BCUT2D eigenvalue weighted by Gasteiger charge is -2.22. The fourth-order valence-electron chi connectivity index (χ4n) is 2.84. The maximum Gasteiger partial charge on any atom is 0.0542 e. The van der Waals surface area contributed by atoms with E-state index in [1.807, 2.05) is 30.3 Å². The number of aryl methyl sites for hydroxylation is 1. The molecule has 2 nitrogen and oxygen atoms in total. The highest BCUT2D eigenvalue weighted by atomic mass is 32.2. The Morgan fingerprint density at radius 1 is 1.00 bits per heavy atom. The summed E-state index contributed by atoms with van der Waals surface area (Å²) >= 11 is 0. The Balaban J connectivity index is 1.57. The zero-order valence-corrected chi connectivity index (χ0v) is 14.6. The molecule has 0 saturated heterocycles. The van der Waals surface area contributed by atoms with Gasteiger partial charge in [-0.2, -0.15) is 0 Å². The second-order valence-corrected chi connectivity index (χ2v) is 7.81. The number of nitrogens with zero attached hydrogens (tertiary/aromatic N) is 1. The smallest absolute Gasteiger partial charge is 0.0542 e. The average molecular weight is 327 g/mol. The molecule has 2 aromatic carbocycles. The van der Waals surface area contributed by atoms with Gasteiger partial charge in [-0.05, 0) is 42.5 Å². The number of rotatable bonds is 8. The fraction of sp³-hybridized carbons (Fsp3) is 0.400. The summed E-state index contributed by atoms with van der Waals surface area (Å²) in [5, 5.41) is 0. The molecule has 1 unspecified atom stereocenters. The van der Waals surface area contributed by atoms with Crippen LogP contribution in [0.1, 0.15) is 30.9 Å². The van der Waals surface area contributed by atoms with Gasteiger partial charge in [0.05, 0.1) is 10.8 Å². The third-order valence-electron chi connectivity index (χ3n) is 4.45. The highest BCUT2D eigenvalue weighted by Crippen LogP contribution is 2.28. The first kappa shape index (κ1) is 16.4. The molecule has 3 heteroatoms. The van der Waals surface area contributed by atoms with E-state index in [1.165, 1.54) is 24.0 Å². The molecule has 1 aliphatic carbocycles. The number of benzene rings is 2. The maximum absolute atomic E-state index is 12.4. The molecular formula is C20H25NOS. The van der Waals surface area contributed by atoms with Gasteiger partial charge in [-0.1, -0.05) is 49.4 Å². The van der Waals surface area contributed by atoms with E-state index < -0.39 is 10.8 Å². The first-order valence-corrected chi connectivity index (χ1v) is 9.83. The Kier molecular flexibility index (Phi) is 5.63. The quantitative estimate of drug-likeness (QED) is 0.730. The molecule has 1 aliphatic rings. The Bertz CT molecular complexity index is 634. The summed E-state index contributed by atoms with van der Waals surface area (Å²) in [6, 6.07) is 19.4. The van der Waals surface area contributed by atoms with Crippen LogP contribution in [-0.4, -0.2) is 27.4 Å². The summed E-state index contributed by atoms with van der Waals surface area (Å²) in [6.45, 7) is 4.06. The van der Waals surface area contributed by atoms with Gasteiger partial charge in [0.2, 0.25) is 0 Å². The van der Waals surface area contributed by atoms with Crippen LogP contribution in [0.15, 0.2) is 59.5 Å². The van der Waals surface area contributed by atoms with Crippen molar-refractivity contribution in [1.29, 1.82) is 0 Å². The van der Waals surface area contributed by atoms with Crippen LogP contribution in [-0.2, 0) is 23.8 Å². The van der Waals surface area contributed by atoms with Crippen molar-refractivity contribution in [3.05, 3.63) is 65.7 Å². The molecule has 0 radical (unpaired) electrons. The molecule has 3 rings (SSSR count). The van der Waals surface area contributed by atoms with Crippen molar-refractivity contribution >= 4 is 10.8 Å². The highest BCUT2D eigenvalue weighted by Gasteiger charge is 2.29. The summed E-state index contributed by atoms with van der Waals surface area (Å²) in [5.41, 5.74) is 2.75. The zero-order valence-electron chi connectivity index (χ0n) is 13.8. The van der Waals surface area contributed by atoms with Gasteiger partial charge in [-0.15, -0.1) is 0 Å². The van der Waals surface area contributed by atoms with Gasteiger partial charge in [-0.3, -0.25) is 9.11 Å². The Labute approximate surface area is 142 Å². The van der Waals surface area contributed by atoms with Crippen LogP contribution < -0.4 is 0 Å². The largest absolute Gasteiger partial charge is 0.295 e. The van der Waals surface area contributed by atoms with Gasteiger partial charge in [-0.25, -0.2) is 0 Å². The van der Waals surface area contributed by atoms with Crippen LogP contribution in [0.2, 0.25) is 0 Å². The lowest BCUT2D eigenvalue weighted by atomic mass is 10.1. The summed E-state index contributed by atoms with van der Waals surface area (Å²) in [7, 11) is -0.898. The Morgan fingerprint density at radius 3 is 2.26 bits per heavy atom. The summed E-state index contributed by atoms with van der Waals surface area (Å²) < 4.78 is 12.4. The van der Waals surface area contributed by atoms with Gasteiger partial charge < -0.3 is 0 Å². The van der Waals surface area contributed by atoms with E-state index in [0.717, 1.165) is 24.4 Å². The van der Waals surface area contributed by atoms with E-state index in [2.05, 4.69) is 36.1 Å². The van der Waals surface area contributed by atoms with E-state index in [9.17, 15) is 4.21 Å². The van der Waals surface area contributed by atoms with Crippen LogP contribution in [0.3, 0.4) is 0 Å². The summed E-state index contributed by atoms with van der Waals surface area (Å²) in [6.07, 6.45) is 3.65. The van der Waals surface area contributed by atoms with Crippen molar-refractivity contribution < 1.29 is 4.21 Å². The SMILES string of the molecule is CCc1ccc(CN(CCS(=O)c2ccccc2)C2CC2)cc1. The molecule has 0 bridgehead atoms. The third-order valence-corrected chi connectivity index (χ3v) is 5.80. The molecule has 2 aromatic rings. The van der Waals surface area contributed by atoms with Crippen LogP contribution in [0.4, 0.5) is 0 Å². The predicted molar refractivity (Wildman–Crippen MR) is 97.0 cm³/mol. The van der Waals surface area contributed by atoms with Gasteiger partial charge in [0.25, 0.3) is 0 Å². The first-order valence-electron chi connectivity index (χ1n) is 8.51. The molecule has 23 heavy (non-hydrogen) atoms. The van der Waals surface area contributed by atoms with E-state index in [0.29, 0.717) is 11.8 Å². The Morgan fingerprint density at radius 2 is 1.65 bits per heavy atom. The van der Waals surface area contributed by atoms with Crippen molar-refractivity contribution in [2.45, 2.75) is 43.7 Å². The van der Waals surface area contributed by atoms with E-state index >= 15 is 0 Å². The Hall–Kier alpha value is -1.45. The van der Waals surface area contributed by atoms with E-state index in [-0.39, 0.29) is 0 Å². The molecule has 1 atom stereocenters. The topological polar surface area (TPSA) is 20.3 Å². The molecule has 0 amide bonds. The molecule has 0 heterocycles. The van der Waals surface area contributed by atoms with E-state index in [1.54, 1.807) is 0 Å². The monoisotopic (exact) mass is 327 g/mol. The highest BCUT2D eigenvalue weighted by molar-refractivity contribution is 7.85. The average Bonchev–Trinajstić information content (AvgIpc) is 3.44. The molecule has 0 aromatic heterocycles. The fourth-order valence-corrected chi connectivity index (χ4v) is 3.93. The van der Waals surface area contributed by atoms with E-state index in [4.69, 9.17) is 0 Å². The lowest BCUT2D eigenvalue weighted by molar-refractivity contribution is 0.271. The van der Waals surface area contributed by atoms with Crippen LogP contribution >= 0.6 is 0 Å². The number of hydrogen-bond acceptors (Lipinski definition) is 2. The van der Waals surface area contributed by atoms with Crippen molar-refractivity contribution in [3.63, 3.8) is 0 Å². The molecule has 0 spiro atoms. The normalized spacial score (nSPS) is 15.7. The van der Waals surface area contributed by atoms with Crippen molar-refractivity contribution in [2.24, 2.45) is 0 Å². The van der Waals surface area contributed by atoms with Crippen LogP contribution in [0.5, 0.6) is 0 Å². The van der Waals surface area contributed by atoms with Crippen LogP contribution in [0.25, 0.3) is 0 Å². The van der Waals surface area contributed by atoms with Gasteiger partial charge in [0.15, 0.2) is 0 Å². The minimum atomic E-state index is -0.898. The maximum atomic E-state index is 12.4.